The van der Waals surface area contributed by atoms with Crippen LogP contribution in [0.4, 0.5) is 5.82 Å². The van der Waals surface area contributed by atoms with Gasteiger partial charge < -0.3 is 10.6 Å². The highest BCUT2D eigenvalue weighted by molar-refractivity contribution is 5.44. The number of aromatic nitrogens is 2. The van der Waals surface area contributed by atoms with Gasteiger partial charge in [0.2, 0.25) is 0 Å². The van der Waals surface area contributed by atoms with Crippen molar-refractivity contribution in [2.75, 3.05) is 18.0 Å². The number of hydrogen-bond acceptors (Lipinski definition) is 4. The van der Waals surface area contributed by atoms with Crippen LogP contribution in [0.5, 0.6) is 0 Å². The van der Waals surface area contributed by atoms with Gasteiger partial charge in [0.25, 0.3) is 0 Å². The van der Waals surface area contributed by atoms with E-state index in [2.05, 4.69) is 28.7 Å². The maximum absolute atomic E-state index is 6.25. The van der Waals surface area contributed by atoms with E-state index in [1.165, 1.54) is 0 Å². The predicted octanol–water partition coefficient (Wildman–Crippen LogP) is 1.27. The molecule has 0 radical (unpaired) electrons. The standard InChI is InChI=1S/C12H20N4/c1-8(2)12(13)6-16(7-12)11-5-14-9(3)10(4)15-11/h5,8H,6-7,13H2,1-4H3. The minimum atomic E-state index is -0.0551. The lowest BCUT2D eigenvalue weighted by Gasteiger charge is -2.50. The second-order valence-electron chi connectivity index (χ2n) is 5.14. The molecule has 0 bridgehead atoms. The Bertz CT molecular complexity index is 394. The summed E-state index contributed by atoms with van der Waals surface area (Å²) in [5.41, 5.74) is 8.19. The van der Waals surface area contributed by atoms with Crippen molar-refractivity contribution in [1.82, 2.24) is 9.97 Å². The summed E-state index contributed by atoms with van der Waals surface area (Å²) in [5.74, 6) is 1.45. The van der Waals surface area contributed by atoms with E-state index in [1.807, 2.05) is 20.0 Å². The van der Waals surface area contributed by atoms with E-state index < -0.39 is 0 Å². The van der Waals surface area contributed by atoms with E-state index in [4.69, 9.17) is 5.73 Å². The number of nitrogens with two attached hydrogens (primary N) is 1. The second-order valence-corrected chi connectivity index (χ2v) is 5.14. The van der Waals surface area contributed by atoms with E-state index in [9.17, 15) is 0 Å². The van der Waals surface area contributed by atoms with Gasteiger partial charge in [-0.2, -0.15) is 0 Å². The lowest BCUT2D eigenvalue weighted by Crippen LogP contribution is -2.70. The minimum absolute atomic E-state index is 0.0551. The molecule has 0 saturated carbocycles. The number of nitrogens with zero attached hydrogens (tertiary/aromatic N) is 3. The average molecular weight is 220 g/mol. The SMILES string of the molecule is Cc1ncc(N2CC(N)(C(C)C)C2)nc1C. The normalized spacial score (nSPS) is 18.8. The van der Waals surface area contributed by atoms with Gasteiger partial charge in [0.1, 0.15) is 5.82 Å². The molecule has 0 aromatic carbocycles. The van der Waals surface area contributed by atoms with E-state index in [-0.39, 0.29) is 5.54 Å². The van der Waals surface area contributed by atoms with Gasteiger partial charge in [0.15, 0.2) is 0 Å². The van der Waals surface area contributed by atoms with Crippen LogP contribution in [-0.4, -0.2) is 28.6 Å². The molecule has 4 heteroatoms. The highest BCUT2D eigenvalue weighted by Gasteiger charge is 2.42. The minimum Gasteiger partial charge on any atom is -0.351 e. The summed E-state index contributed by atoms with van der Waals surface area (Å²) in [5, 5.41) is 0. The van der Waals surface area contributed by atoms with Crippen molar-refractivity contribution in [3.8, 4) is 0 Å². The first-order valence-corrected chi connectivity index (χ1v) is 5.76. The molecule has 2 rings (SSSR count). The number of rotatable bonds is 2. The van der Waals surface area contributed by atoms with E-state index in [0.717, 1.165) is 30.3 Å². The van der Waals surface area contributed by atoms with Gasteiger partial charge in [-0.1, -0.05) is 13.8 Å². The van der Waals surface area contributed by atoms with Crippen LogP contribution >= 0.6 is 0 Å². The summed E-state index contributed by atoms with van der Waals surface area (Å²) < 4.78 is 0. The fraction of sp³-hybridized carbons (Fsp3) is 0.667. The maximum Gasteiger partial charge on any atom is 0.147 e. The predicted molar refractivity (Wildman–Crippen MR) is 65.5 cm³/mol. The molecule has 1 aromatic heterocycles. The van der Waals surface area contributed by atoms with Crippen LogP contribution < -0.4 is 10.6 Å². The van der Waals surface area contributed by atoms with Gasteiger partial charge in [-0.05, 0) is 19.8 Å². The smallest absolute Gasteiger partial charge is 0.147 e. The zero-order valence-corrected chi connectivity index (χ0v) is 10.5. The summed E-state index contributed by atoms with van der Waals surface area (Å²) in [6.07, 6.45) is 1.84. The van der Waals surface area contributed by atoms with Crippen LogP contribution in [0.15, 0.2) is 6.20 Å². The van der Waals surface area contributed by atoms with Crippen molar-refractivity contribution < 1.29 is 0 Å². The molecule has 0 spiro atoms. The number of aryl methyl sites for hydroxylation is 2. The van der Waals surface area contributed by atoms with Crippen LogP contribution in [0.2, 0.25) is 0 Å². The second kappa shape index (κ2) is 3.70. The zero-order valence-electron chi connectivity index (χ0n) is 10.5. The summed E-state index contributed by atoms with van der Waals surface area (Å²) in [7, 11) is 0. The summed E-state index contributed by atoms with van der Waals surface area (Å²) in [6, 6.07) is 0. The quantitative estimate of drug-likeness (QED) is 0.815. The highest BCUT2D eigenvalue weighted by atomic mass is 15.3. The van der Waals surface area contributed by atoms with Crippen LogP contribution in [-0.2, 0) is 0 Å². The third-order valence-electron chi connectivity index (χ3n) is 3.62. The summed E-state index contributed by atoms with van der Waals surface area (Å²) in [6.45, 7) is 10.1. The van der Waals surface area contributed by atoms with Gasteiger partial charge in [-0.15, -0.1) is 0 Å². The molecule has 1 aromatic rings. The van der Waals surface area contributed by atoms with Crippen LogP contribution in [0.3, 0.4) is 0 Å². The molecule has 2 N–H and O–H groups in total. The Balaban J connectivity index is 2.09. The lowest BCUT2D eigenvalue weighted by molar-refractivity contribution is 0.243. The molecule has 0 unspecified atom stereocenters. The molecule has 88 valence electrons. The van der Waals surface area contributed by atoms with Crippen LogP contribution in [0.1, 0.15) is 25.2 Å². The third-order valence-corrected chi connectivity index (χ3v) is 3.62. The first-order chi connectivity index (χ1) is 7.42. The molecule has 1 aliphatic rings. The molecule has 2 heterocycles. The zero-order chi connectivity index (χ0) is 11.9. The van der Waals surface area contributed by atoms with Gasteiger partial charge in [0, 0.05) is 13.1 Å². The average Bonchev–Trinajstić information content (AvgIpc) is 2.17. The van der Waals surface area contributed by atoms with Crippen molar-refractivity contribution in [3.63, 3.8) is 0 Å². The van der Waals surface area contributed by atoms with Crippen molar-refractivity contribution in [2.45, 2.75) is 33.2 Å². The van der Waals surface area contributed by atoms with Crippen molar-refractivity contribution in [2.24, 2.45) is 11.7 Å². The molecule has 0 amide bonds. The molecular formula is C12H20N4. The Morgan fingerprint density at radius 3 is 2.44 bits per heavy atom. The molecule has 4 nitrogen and oxygen atoms in total. The largest absolute Gasteiger partial charge is 0.351 e. The summed E-state index contributed by atoms with van der Waals surface area (Å²) in [4.78, 5) is 11.1. The Labute approximate surface area is 96.9 Å². The molecule has 0 aliphatic carbocycles. The van der Waals surface area contributed by atoms with Crippen molar-refractivity contribution in [1.29, 1.82) is 0 Å². The van der Waals surface area contributed by atoms with E-state index in [1.54, 1.807) is 0 Å². The fourth-order valence-electron chi connectivity index (χ4n) is 1.87. The molecule has 16 heavy (non-hydrogen) atoms. The topological polar surface area (TPSA) is 55.0 Å². The van der Waals surface area contributed by atoms with E-state index in [0.29, 0.717) is 5.92 Å². The number of anilines is 1. The Kier molecular flexibility index (Phi) is 2.62. The fourth-order valence-corrected chi connectivity index (χ4v) is 1.87. The van der Waals surface area contributed by atoms with Gasteiger partial charge in [0.05, 0.1) is 23.1 Å². The Morgan fingerprint density at radius 1 is 1.31 bits per heavy atom. The molecule has 1 fully saturated rings. The molecule has 1 aliphatic heterocycles. The van der Waals surface area contributed by atoms with Crippen LogP contribution in [0.25, 0.3) is 0 Å². The van der Waals surface area contributed by atoms with Gasteiger partial charge >= 0.3 is 0 Å². The van der Waals surface area contributed by atoms with Gasteiger partial charge in [-0.3, -0.25) is 4.98 Å². The summed E-state index contributed by atoms with van der Waals surface area (Å²) >= 11 is 0. The van der Waals surface area contributed by atoms with E-state index >= 15 is 0 Å². The van der Waals surface area contributed by atoms with Crippen LogP contribution in [0, 0.1) is 19.8 Å². The highest BCUT2D eigenvalue weighted by Crippen LogP contribution is 2.29. The van der Waals surface area contributed by atoms with Crippen molar-refractivity contribution >= 4 is 5.82 Å². The number of hydrogen-bond donors (Lipinski definition) is 1. The third kappa shape index (κ3) is 1.78. The Morgan fingerprint density at radius 2 is 1.94 bits per heavy atom. The monoisotopic (exact) mass is 220 g/mol. The van der Waals surface area contributed by atoms with Crippen molar-refractivity contribution in [3.05, 3.63) is 17.6 Å². The first-order valence-electron chi connectivity index (χ1n) is 5.76. The van der Waals surface area contributed by atoms with Gasteiger partial charge in [-0.25, -0.2) is 4.98 Å². The molecule has 0 atom stereocenters. The Hall–Kier alpha value is -1.16. The molecule has 1 saturated heterocycles. The lowest BCUT2D eigenvalue weighted by atomic mass is 9.80. The first kappa shape index (κ1) is 11.3. The molecular weight excluding hydrogens is 200 g/mol. The maximum atomic E-state index is 6.25.